The summed E-state index contributed by atoms with van der Waals surface area (Å²) in [5.74, 6) is 0. The highest BCUT2D eigenvalue weighted by Crippen LogP contribution is 2.40. The molecule has 1 aliphatic rings. The Kier molecular flexibility index (Phi) is 3.36. The lowest BCUT2D eigenvalue weighted by molar-refractivity contribution is 0.591. The Morgan fingerprint density at radius 3 is 2.38 bits per heavy atom. The maximum atomic E-state index is 13.2. The van der Waals surface area contributed by atoms with Gasteiger partial charge in [-0.2, -0.15) is 0 Å². The third-order valence-corrected chi connectivity index (χ3v) is 6.72. The predicted molar refractivity (Wildman–Crippen MR) is 96.1 cm³/mol. The number of rotatable bonds is 1. The highest BCUT2D eigenvalue weighted by molar-refractivity contribution is 7.91. The van der Waals surface area contributed by atoms with Gasteiger partial charge in [-0.25, -0.2) is 8.42 Å². The van der Waals surface area contributed by atoms with Crippen LogP contribution in [-0.2, 0) is 16.3 Å². The smallest absolute Gasteiger partial charge is 0.207 e. The average Bonchev–Trinajstić information content (AvgIpc) is 2.54. The maximum Gasteiger partial charge on any atom is 0.207 e. The van der Waals surface area contributed by atoms with Gasteiger partial charge in [-0.3, -0.25) is 0 Å². The van der Waals surface area contributed by atoms with E-state index in [-0.39, 0.29) is 0 Å². The zero-order valence-corrected chi connectivity index (χ0v) is 14.5. The molecule has 0 unspecified atom stereocenters. The molecule has 0 bridgehead atoms. The van der Waals surface area contributed by atoms with Crippen LogP contribution < -0.4 is 0 Å². The van der Waals surface area contributed by atoms with Gasteiger partial charge >= 0.3 is 0 Å². The minimum Gasteiger partial charge on any atom is -0.218 e. The van der Waals surface area contributed by atoms with E-state index in [1.165, 1.54) is 0 Å². The first kappa shape index (κ1) is 15.2. The molecule has 0 atom stereocenters. The van der Waals surface area contributed by atoms with Crippen LogP contribution in [0.5, 0.6) is 0 Å². The summed E-state index contributed by atoms with van der Waals surface area (Å²) in [5.41, 5.74) is 5.80. The first-order valence-corrected chi connectivity index (χ1v) is 9.49. The molecule has 0 amide bonds. The molecule has 3 aromatic carbocycles. The molecule has 4 rings (SSSR count). The van der Waals surface area contributed by atoms with E-state index in [1.54, 1.807) is 6.07 Å². The highest BCUT2D eigenvalue weighted by Gasteiger charge is 2.32. The van der Waals surface area contributed by atoms with E-state index in [1.807, 2.05) is 68.4 Å². The standard InChI is InChI=1S/C21H18O2S/c1-14-11-15(2)21-17(12-14)13-19-18(16-7-4-3-5-8-16)9-6-10-20(19)24(21,22)23/h3-12H,13H2,1-2H3. The summed E-state index contributed by atoms with van der Waals surface area (Å²) in [5, 5.41) is 0. The fourth-order valence-electron chi connectivity index (χ4n) is 3.75. The molecule has 2 nitrogen and oxygen atoms in total. The lowest BCUT2D eigenvalue weighted by Gasteiger charge is -2.24. The minimum absolute atomic E-state index is 0.448. The van der Waals surface area contributed by atoms with Crippen LogP contribution in [0.2, 0.25) is 0 Å². The number of aryl methyl sites for hydroxylation is 2. The lowest BCUT2D eigenvalue weighted by Crippen LogP contribution is -2.17. The molecule has 0 spiro atoms. The van der Waals surface area contributed by atoms with Crippen molar-refractivity contribution in [2.24, 2.45) is 0 Å². The summed E-state index contributed by atoms with van der Waals surface area (Å²) >= 11 is 0. The summed E-state index contributed by atoms with van der Waals surface area (Å²) in [6, 6.07) is 19.5. The van der Waals surface area contributed by atoms with Crippen molar-refractivity contribution in [3.63, 3.8) is 0 Å². The fourth-order valence-corrected chi connectivity index (χ4v) is 5.69. The Bertz CT molecular complexity index is 1050. The van der Waals surface area contributed by atoms with Crippen LogP contribution in [0.4, 0.5) is 0 Å². The molecule has 0 fully saturated rings. The van der Waals surface area contributed by atoms with Crippen LogP contribution in [0.1, 0.15) is 22.3 Å². The van der Waals surface area contributed by atoms with Crippen LogP contribution in [0.3, 0.4) is 0 Å². The number of benzene rings is 3. The van der Waals surface area contributed by atoms with Gasteiger partial charge < -0.3 is 0 Å². The van der Waals surface area contributed by atoms with Gasteiger partial charge in [0.2, 0.25) is 9.84 Å². The van der Waals surface area contributed by atoms with Gasteiger partial charge in [0.05, 0.1) is 9.79 Å². The summed E-state index contributed by atoms with van der Waals surface area (Å²) in [4.78, 5) is 0.939. The number of fused-ring (bicyclic) bond motifs is 2. The normalized spacial score (nSPS) is 14.8. The van der Waals surface area contributed by atoms with Crippen LogP contribution >= 0.6 is 0 Å². The number of hydrogen-bond donors (Lipinski definition) is 0. The Morgan fingerprint density at radius 2 is 1.62 bits per heavy atom. The quantitative estimate of drug-likeness (QED) is 0.505. The van der Waals surface area contributed by atoms with Gasteiger partial charge in [0, 0.05) is 6.42 Å². The molecule has 0 N–H and O–H groups in total. The van der Waals surface area contributed by atoms with Gasteiger partial charge in [-0.1, -0.05) is 60.2 Å². The number of sulfone groups is 1. The molecule has 0 saturated heterocycles. The number of hydrogen-bond acceptors (Lipinski definition) is 2. The van der Waals surface area contributed by atoms with E-state index in [2.05, 4.69) is 0 Å². The van der Waals surface area contributed by atoms with Gasteiger partial charge in [0.15, 0.2) is 0 Å². The highest BCUT2D eigenvalue weighted by atomic mass is 32.2. The van der Waals surface area contributed by atoms with E-state index >= 15 is 0 Å². The molecule has 0 saturated carbocycles. The molecule has 3 heteroatoms. The zero-order valence-electron chi connectivity index (χ0n) is 13.7. The molecule has 1 aliphatic heterocycles. The van der Waals surface area contributed by atoms with Crippen molar-refractivity contribution in [3.8, 4) is 11.1 Å². The molecule has 1 heterocycles. The second-order valence-corrected chi connectivity index (χ2v) is 8.25. The predicted octanol–water partition coefficient (Wildman–Crippen LogP) is 4.71. The van der Waals surface area contributed by atoms with Crippen LogP contribution in [0.25, 0.3) is 11.1 Å². The van der Waals surface area contributed by atoms with Crippen LogP contribution in [0.15, 0.2) is 70.5 Å². The van der Waals surface area contributed by atoms with Crippen molar-refractivity contribution >= 4 is 9.84 Å². The second kappa shape index (κ2) is 5.32. The summed E-state index contributed by atoms with van der Waals surface area (Å²) < 4.78 is 26.4. The van der Waals surface area contributed by atoms with E-state index < -0.39 is 9.84 Å². The summed E-state index contributed by atoms with van der Waals surface area (Å²) in [6.45, 7) is 3.90. The molecule has 0 radical (unpaired) electrons. The van der Waals surface area contributed by atoms with Gasteiger partial charge in [0.25, 0.3) is 0 Å². The first-order valence-electron chi connectivity index (χ1n) is 8.01. The van der Waals surface area contributed by atoms with Crippen molar-refractivity contribution in [2.75, 3.05) is 0 Å². The van der Waals surface area contributed by atoms with Crippen molar-refractivity contribution in [3.05, 3.63) is 82.9 Å². The molecule has 0 aliphatic carbocycles. The Balaban J connectivity index is 2.03. The summed E-state index contributed by atoms with van der Waals surface area (Å²) in [7, 11) is -3.48. The van der Waals surface area contributed by atoms with Crippen molar-refractivity contribution in [2.45, 2.75) is 30.1 Å². The SMILES string of the molecule is Cc1cc(C)c2c(c1)Cc1c(-c3ccccc3)cccc1S2(=O)=O. The van der Waals surface area contributed by atoms with Gasteiger partial charge in [0.1, 0.15) is 0 Å². The van der Waals surface area contributed by atoms with Crippen LogP contribution in [0, 0.1) is 13.8 Å². The van der Waals surface area contributed by atoms with Gasteiger partial charge in [-0.15, -0.1) is 0 Å². The second-order valence-electron chi connectivity index (χ2n) is 6.40. The zero-order chi connectivity index (χ0) is 16.9. The van der Waals surface area contributed by atoms with Gasteiger partial charge in [-0.05, 0) is 47.7 Å². The van der Waals surface area contributed by atoms with E-state index in [0.29, 0.717) is 16.2 Å². The first-order chi connectivity index (χ1) is 11.5. The lowest BCUT2D eigenvalue weighted by atomic mass is 9.93. The molecule has 0 aromatic heterocycles. The van der Waals surface area contributed by atoms with Crippen LogP contribution in [-0.4, -0.2) is 8.42 Å². The van der Waals surface area contributed by atoms with E-state index in [9.17, 15) is 8.42 Å². The fraction of sp³-hybridized carbons (Fsp3) is 0.143. The van der Waals surface area contributed by atoms with E-state index in [4.69, 9.17) is 0 Å². The Morgan fingerprint density at radius 1 is 0.875 bits per heavy atom. The van der Waals surface area contributed by atoms with E-state index in [0.717, 1.165) is 33.4 Å². The summed E-state index contributed by atoms with van der Waals surface area (Å²) in [6.07, 6.45) is 0.650. The minimum atomic E-state index is -3.48. The molecular formula is C21H18O2S. The largest absolute Gasteiger partial charge is 0.218 e. The molecule has 24 heavy (non-hydrogen) atoms. The van der Waals surface area contributed by atoms with Crippen molar-refractivity contribution in [1.29, 1.82) is 0 Å². The molecule has 3 aromatic rings. The monoisotopic (exact) mass is 334 g/mol. The molecule has 120 valence electrons. The third kappa shape index (κ3) is 2.20. The molecular weight excluding hydrogens is 316 g/mol. The maximum absolute atomic E-state index is 13.2. The third-order valence-electron chi connectivity index (χ3n) is 4.64. The Hall–Kier alpha value is -2.39. The van der Waals surface area contributed by atoms with Crippen molar-refractivity contribution in [1.82, 2.24) is 0 Å². The van der Waals surface area contributed by atoms with Crippen molar-refractivity contribution < 1.29 is 8.42 Å². The Labute approximate surface area is 142 Å². The average molecular weight is 334 g/mol. The topological polar surface area (TPSA) is 34.1 Å².